The summed E-state index contributed by atoms with van der Waals surface area (Å²) in [5.41, 5.74) is 4.37. The molecule has 4 rings (SSSR count). The van der Waals surface area contributed by atoms with Crippen LogP contribution in [0.3, 0.4) is 0 Å². The molecule has 3 aliphatic carbocycles. The molecule has 0 aliphatic heterocycles. The number of fused-ring (bicyclic) bond motifs is 2. The summed E-state index contributed by atoms with van der Waals surface area (Å²) in [5, 5.41) is 34.1. The van der Waals surface area contributed by atoms with Crippen LogP contribution in [0.2, 0.25) is 0 Å². The topological polar surface area (TPSA) is 77.8 Å². The van der Waals surface area contributed by atoms with Gasteiger partial charge in [0.25, 0.3) is 0 Å². The second-order valence-electron chi connectivity index (χ2n) is 13.2. The van der Waals surface area contributed by atoms with Gasteiger partial charge in [0.2, 0.25) is 0 Å². The Kier molecular flexibility index (Phi) is 7.13. The summed E-state index contributed by atoms with van der Waals surface area (Å²) in [7, 11) is 0. The Labute approximate surface area is 217 Å². The van der Waals surface area contributed by atoms with Gasteiger partial charge in [0, 0.05) is 17.0 Å². The van der Waals surface area contributed by atoms with Gasteiger partial charge >= 0.3 is 5.97 Å². The molecule has 5 atom stereocenters. The molecule has 2 fully saturated rings. The number of phenols is 2. The maximum Gasteiger partial charge on any atom is 0.339 e. The molecule has 1 aromatic rings. The van der Waals surface area contributed by atoms with Crippen LogP contribution in [0.15, 0.2) is 23.8 Å². The Bertz CT molecular complexity index is 1090. The van der Waals surface area contributed by atoms with Crippen LogP contribution >= 0.6 is 0 Å². The summed E-state index contributed by atoms with van der Waals surface area (Å²) in [4.78, 5) is 12.7. The van der Waals surface area contributed by atoms with Gasteiger partial charge in [-0.15, -0.1) is 0 Å². The summed E-state index contributed by atoms with van der Waals surface area (Å²) < 4.78 is 0. The van der Waals surface area contributed by atoms with E-state index in [0.29, 0.717) is 23.5 Å². The van der Waals surface area contributed by atoms with Crippen LogP contribution in [-0.2, 0) is 6.42 Å². The van der Waals surface area contributed by atoms with Crippen LogP contribution in [0.4, 0.5) is 0 Å². The fourth-order valence-electron chi connectivity index (χ4n) is 8.25. The lowest BCUT2D eigenvalue weighted by Gasteiger charge is -2.41. The lowest BCUT2D eigenvalue weighted by Crippen LogP contribution is -2.30. The summed E-state index contributed by atoms with van der Waals surface area (Å²) in [6.07, 6.45) is 10.5. The maximum absolute atomic E-state index is 12.7. The molecule has 0 spiro atoms. The molecule has 2 saturated carbocycles. The molecule has 0 radical (unpaired) electrons. The third kappa shape index (κ3) is 4.39. The second-order valence-corrected chi connectivity index (χ2v) is 13.2. The van der Waals surface area contributed by atoms with Crippen molar-refractivity contribution >= 4 is 5.97 Å². The smallest absolute Gasteiger partial charge is 0.339 e. The molecule has 0 saturated heterocycles. The zero-order valence-corrected chi connectivity index (χ0v) is 23.2. The molecule has 198 valence electrons. The second kappa shape index (κ2) is 9.58. The van der Waals surface area contributed by atoms with E-state index in [1.807, 2.05) is 6.92 Å². The minimum absolute atomic E-state index is 0.0108. The Balaban J connectivity index is 1.98. The minimum atomic E-state index is -1.10. The zero-order valence-electron chi connectivity index (χ0n) is 23.2. The number of carboxylic acids is 1. The number of phenolic OH excluding ortho intramolecular Hbond substituents is 1. The molecule has 3 aliphatic rings. The van der Waals surface area contributed by atoms with Crippen molar-refractivity contribution < 1.29 is 20.1 Å². The predicted octanol–water partition coefficient (Wildman–Crippen LogP) is 8.47. The van der Waals surface area contributed by atoms with Gasteiger partial charge in [0.15, 0.2) is 0 Å². The molecule has 3 N–H and O–H groups in total. The monoisotopic (exact) mass is 494 g/mol. The van der Waals surface area contributed by atoms with Crippen molar-refractivity contribution in [3.05, 3.63) is 46.1 Å². The standard InChI is InChI=1S/C32H46O4/c1-8-9-10-11-22-25(24-15-20-16-32(24,7)17-31(20,5)6)28(33)26(29(34)27(22)30(35)36)23-14-19(4)12-13-21(23)18(2)3/h14,20-21,23-24,33-34H,2,8-13,15-17H2,1,3-7H3,(H,35,36)/t20?,21-,23+,24?,32?/m0/s1. The Hall–Kier alpha value is -2.23. The van der Waals surface area contributed by atoms with Crippen molar-refractivity contribution in [2.24, 2.45) is 22.7 Å². The van der Waals surface area contributed by atoms with Crippen molar-refractivity contribution in [2.75, 3.05) is 0 Å². The molecule has 0 amide bonds. The number of benzene rings is 1. The third-order valence-electron chi connectivity index (χ3n) is 9.97. The fraction of sp³-hybridized carbons (Fsp3) is 0.656. The van der Waals surface area contributed by atoms with Gasteiger partial charge in [-0.1, -0.05) is 64.3 Å². The van der Waals surface area contributed by atoms with Gasteiger partial charge < -0.3 is 15.3 Å². The molecule has 36 heavy (non-hydrogen) atoms. The fourth-order valence-corrected chi connectivity index (χ4v) is 8.25. The highest BCUT2D eigenvalue weighted by molar-refractivity contribution is 5.95. The maximum atomic E-state index is 12.7. The van der Waals surface area contributed by atoms with Gasteiger partial charge in [-0.25, -0.2) is 4.79 Å². The van der Waals surface area contributed by atoms with Crippen LogP contribution in [-0.4, -0.2) is 21.3 Å². The van der Waals surface area contributed by atoms with Gasteiger partial charge in [-0.2, -0.15) is 0 Å². The third-order valence-corrected chi connectivity index (χ3v) is 9.97. The van der Waals surface area contributed by atoms with E-state index in [4.69, 9.17) is 0 Å². The molecular formula is C32H46O4. The quantitative estimate of drug-likeness (QED) is 0.250. The molecule has 0 heterocycles. The number of rotatable bonds is 8. The number of hydrogen-bond acceptors (Lipinski definition) is 3. The molecule has 2 bridgehead atoms. The number of aromatic carboxylic acids is 1. The highest BCUT2D eigenvalue weighted by Gasteiger charge is 2.58. The first kappa shape index (κ1) is 26.8. The van der Waals surface area contributed by atoms with Crippen LogP contribution < -0.4 is 0 Å². The first-order valence-corrected chi connectivity index (χ1v) is 14.0. The van der Waals surface area contributed by atoms with Gasteiger partial charge in [-0.05, 0) is 92.9 Å². The largest absolute Gasteiger partial charge is 0.507 e. The van der Waals surface area contributed by atoms with E-state index < -0.39 is 5.97 Å². The molecule has 3 unspecified atom stereocenters. The van der Waals surface area contributed by atoms with Crippen LogP contribution in [0, 0.1) is 22.7 Å². The average molecular weight is 495 g/mol. The van der Waals surface area contributed by atoms with Crippen molar-refractivity contribution in [3.63, 3.8) is 0 Å². The van der Waals surface area contributed by atoms with Crippen LogP contribution in [0.1, 0.15) is 132 Å². The number of carboxylic acid groups (broad SMARTS) is 1. The number of aromatic hydroxyl groups is 2. The van der Waals surface area contributed by atoms with E-state index in [2.05, 4.69) is 47.3 Å². The zero-order chi connectivity index (χ0) is 26.6. The first-order valence-electron chi connectivity index (χ1n) is 14.0. The van der Waals surface area contributed by atoms with Crippen molar-refractivity contribution in [3.8, 4) is 11.5 Å². The van der Waals surface area contributed by atoms with E-state index in [0.717, 1.165) is 62.5 Å². The van der Waals surface area contributed by atoms with Crippen LogP contribution in [0.5, 0.6) is 11.5 Å². The number of carbonyl (C=O) groups is 1. The van der Waals surface area contributed by atoms with E-state index in [1.54, 1.807) is 0 Å². The minimum Gasteiger partial charge on any atom is -0.507 e. The molecular weight excluding hydrogens is 448 g/mol. The van der Waals surface area contributed by atoms with E-state index in [9.17, 15) is 20.1 Å². The first-order chi connectivity index (χ1) is 16.8. The predicted molar refractivity (Wildman–Crippen MR) is 146 cm³/mol. The van der Waals surface area contributed by atoms with Gasteiger partial charge in [0.05, 0.1) is 0 Å². The Morgan fingerprint density at radius 1 is 1.14 bits per heavy atom. The van der Waals surface area contributed by atoms with Crippen molar-refractivity contribution in [2.45, 2.75) is 111 Å². The lowest BCUT2D eigenvalue weighted by atomic mass is 9.63. The summed E-state index contributed by atoms with van der Waals surface area (Å²) >= 11 is 0. The number of allylic oxidation sites excluding steroid dienone is 3. The van der Waals surface area contributed by atoms with Crippen molar-refractivity contribution in [1.82, 2.24) is 0 Å². The number of unbranched alkanes of at least 4 members (excludes halogenated alkanes) is 2. The van der Waals surface area contributed by atoms with Gasteiger partial charge in [0.1, 0.15) is 17.1 Å². The summed E-state index contributed by atoms with van der Waals surface area (Å²) in [5.74, 6) is -0.768. The highest BCUT2D eigenvalue weighted by atomic mass is 16.4. The Morgan fingerprint density at radius 3 is 2.36 bits per heavy atom. The Morgan fingerprint density at radius 2 is 1.83 bits per heavy atom. The van der Waals surface area contributed by atoms with Crippen molar-refractivity contribution in [1.29, 1.82) is 0 Å². The van der Waals surface area contributed by atoms with E-state index in [-0.39, 0.29) is 45.6 Å². The van der Waals surface area contributed by atoms with Crippen LogP contribution in [0.25, 0.3) is 0 Å². The molecule has 1 aromatic carbocycles. The SMILES string of the molecule is C=C(C)[C@@H]1CCC(C)=C[C@H]1c1c(O)c(C(=O)O)c(CCCCC)c(C2CC3CC2(C)CC3(C)C)c1O. The number of hydrogen-bond donors (Lipinski definition) is 3. The summed E-state index contributed by atoms with van der Waals surface area (Å²) in [6.45, 7) is 17.4. The molecule has 4 nitrogen and oxygen atoms in total. The highest BCUT2D eigenvalue weighted by Crippen LogP contribution is 2.69. The average Bonchev–Trinajstić information content (AvgIpc) is 3.21. The summed E-state index contributed by atoms with van der Waals surface area (Å²) in [6, 6.07) is 0. The van der Waals surface area contributed by atoms with Gasteiger partial charge in [-0.3, -0.25) is 0 Å². The van der Waals surface area contributed by atoms with E-state index in [1.165, 1.54) is 5.57 Å². The normalized spacial score (nSPS) is 30.9. The van der Waals surface area contributed by atoms with E-state index >= 15 is 0 Å². The lowest BCUT2D eigenvalue weighted by molar-refractivity contribution is 0.0691. The molecule has 0 aromatic heterocycles. The molecule has 4 heteroatoms.